The zero-order valence-electron chi connectivity index (χ0n) is 16.6. The molecule has 0 amide bonds. The van der Waals surface area contributed by atoms with Crippen molar-refractivity contribution in [2.75, 3.05) is 31.2 Å². The second-order valence-corrected chi connectivity index (χ2v) is 8.10. The summed E-state index contributed by atoms with van der Waals surface area (Å²) in [4.78, 5) is 40.5. The topological polar surface area (TPSA) is 150 Å². The van der Waals surface area contributed by atoms with Gasteiger partial charge >= 0.3 is 5.97 Å². The van der Waals surface area contributed by atoms with Gasteiger partial charge in [-0.05, 0) is 18.6 Å². The minimum atomic E-state index is -1.30. The highest BCUT2D eigenvalue weighted by molar-refractivity contribution is 7.12. The number of carbonyl (C=O) groups is 1. The third-order valence-electron chi connectivity index (χ3n) is 4.94. The molecule has 0 saturated carbocycles. The Labute approximate surface area is 180 Å². The summed E-state index contributed by atoms with van der Waals surface area (Å²) in [5, 5.41) is 30.1. The van der Waals surface area contributed by atoms with E-state index < -0.39 is 17.5 Å². The number of hydrogen-bond acceptors (Lipinski definition) is 10. The van der Waals surface area contributed by atoms with Crippen LogP contribution in [0.4, 0.5) is 5.82 Å². The number of pyridine rings is 2. The summed E-state index contributed by atoms with van der Waals surface area (Å²) in [6.45, 7) is 2.53. The lowest BCUT2D eigenvalue weighted by molar-refractivity contribution is -0.0529. The minimum absolute atomic E-state index is 0.0132. The van der Waals surface area contributed by atoms with E-state index >= 15 is 0 Å². The molecule has 12 heteroatoms. The average Bonchev–Trinajstić information content (AvgIpc) is 3.23. The molecule has 164 valence electrons. The molecular weight excluding hydrogens is 426 g/mol. The molecule has 3 aromatic rings. The average molecular weight is 447 g/mol. The second-order valence-electron chi connectivity index (χ2n) is 7.22. The van der Waals surface area contributed by atoms with E-state index in [-0.39, 0.29) is 30.2 Å². The van der Waals surface area contributed by atoms with Crippen LogP contribution in [0, 0.1) is 6.92 Å². The summed E-state index contributed by atoms with van der Waals surface area (Å²) >= 11 is 1.31. The molecule has 1 atom stereocenters. The van der Waals surface area contributed by atoms with Gasteiger partial charge in [0.05, 0.1) is 24.6 Å². The number of aliphatic hydroxyl groups excluding tert-OH is 2. The number of nitrogens with one attached hydrogen (secondary N) is 1. The van der Waals surface area contributed by atoms with E-state index in [4.69, 9.17) is 9.94 Å². The molecule has 0 aliphatic carbocycles. The number of carboxylic acids is 1. The lowest BCUT2D eigenvalue weighted by Gasteiger charge is -2.40. The van der Waals surface area contributed by atoms with E-state index in [1.165, 1.54) is 22.1 Å². The fraction of sp³-hybridized carbons (Fsp3) is 0.368. The standard InChI is InChI=1S/C19H21N5O6S/c1-10-4-14(23-5-11(6-23)22-30-9-12(26)8-25)21-17-15(10)16(27)13(18(28)29)7-24(17)19-20-2-3-31-19/h2-4,7,11-12,22,25-26H,5-6,8-9H2,1H3,(H,28,29). The summed E-state index contributed by atoms with van der Waals surface area (Å²) in [6, 6.07) is 1.77. The Morgan fingerprint density at radius 2 is 2.23 bits per heavy atom. The van der Waals surface area contributed by atoms with Crippen molar-refractivity contribution in [3.63, 3.8) is 0 Å². The summed E-state index contributed by atoms with van der Waals surface area (Å²) in [6.07, 6.45) is 1.93. The number of rotatable bonds is 8. The Bertz CT molecular complexity index is 1160. The van der Waals surface area contributed by atoms with Gasteiger partial charge in [-0.25, -0.2) is 14.8 Å². The number of hydroxylamine groups is 1. The van der Waals surface area contributed by atoms with Gasteiger partial charge in [0.15, 0.2) is 10.8 Å². The molecule has 1 fully saturated rings. The van der Waals surface area contributed by atoms with Gasteiger partial charge in [0, 0.05) is 30.9 Å². The van der Waals surface area contributed by atoms with E-state index in [1.54, 1.807) is 24.6 Å². The van der Waals surface area contributed by atoms with Gasteiger partial charge in [0.1, 0.15) is 17.5 Å². The van der Waals surface area contributed by atoms with E-state index in [0.717, 1.165) is 0 Å². The monoisotopic (exact) mass is 447 g/mol. The number of aromatic carboxylic acids is 1. The predicted molar refractivity (Wildman–Crippen MR) is 113 cm³/mol. The zero-order chi connectivity index (χ0) is 22.1. The molecule has 0 aromatic carbocycles. The molecule has 1 aliphatic rings. The molecule has 3 aromatic heterocycles. The van der Waals surface area contributed by atoms with Crippen LogP contribution < -0.4 is 15.8 Å². The molecule has 1 unspecified atom stereocenters. The van der Waals surface area contributed by atoms with Crippen LogP contribution in [-0.4, -0.2) is 74.3 Å². The summed E-state index contributed by atoms with van der Waals surface area (Å²) in [5.74, 6) is -0.658. The maximum Gasteiger partial charge on any atom is 0.341 e. The molecule has 4 heterocycles. The van der Waals surface area contributed by atoms with Gasteiger partial charge in [0.25, 0.3) is 0 Å². The third kappa shape index (κ3) is 4.16. The van der Waals surface area contributed by atoms with Crippen LogP contribution in [0.1, 0.15) is 15.9 Å². The van der Waals surface area contributed by atoms with Crippen LogP contribution in [0.2, 0.25) is 0 Å². The van der Waals surface area contributed by atoms with Crippen LogP contribution in [0.25, 0.3) is 16.2 Å². The number of fused-ring (bicyclic) bond motifs is 1. The lowest BCUT2D eigenvalue weighted by Crippen LogP contribution is -2.58. The number of aromatic nitrogens is 3. The second kappa shape index (κ2) is 8.69. The van der Waals surface area contributed by atoms with E-state index in [0.29, 0.717) is 35.2 Å². The van der Waals surface area contributed by atoms with Crippen LogP contribution in [0.15, 0.2) is 28.6 Å². The van der Waals surface area contributed by atoms with E-state index in [1.807, 2.05) is 4.90 Å². The smallest absolute Gasteiger partial charge is 0.341 e. The number of aliphatic hydroxyl groups is 2. The maximum atomic E-state index is 12.8. The van der Waals surface area contributed by atoms with Crippen molar-refractivity contribution in [2.45, 2.75) is 19.1 Å². The van der Waals surface area contributed by atoms with Crippen LogP contribution >= 0.6 is 11.3 Å². The van der Waals surface area contributed by atoms with Gasteiger partial charge in [-0.2, -0.15) is 5.48 Å². The first-order valence-corrected chi connectivity index (χ1v) is 10.4. The van der Waals surface area contributed by atoms with Gasteiger partial charge in [-0.15, -0.1) is 11.3 Å². The van der Waals surface area contributed by atoms with Gasteiger partial charge in [-0.1, -0.05) is 0 Å². The Balaban J connectivity index is 1.64. The minimum Gasteiger partial charge on any atom is -0.477 e. The molecule has 4 N–H and O–H groups in total. The molecule has 0 bridgehead atoms. The van der Waals surface area contributed by atoms with Crippen molar-refractivity contribution >= 4 is 34.2 Å². The quantitative estimate of drug-likeness (QED) is 0.345. The molecule has 0 radical (unpaired) electrons. The molecule has 0 spiro atoms. The van der Waals surface area contributed by atoms with Crippen LogP contribution in [0.5, 0.6) is 0 Å². The Morgan fingerprint density at radius 1 is 1.45 bits per heavy atom. The van der Waals surface area contributed by atoms with Crippen molar-refractivity contribution in [1.82, 2.24) is 20.0 Å². The first-order chi connectivity index (χ1) is 14.9. The molecule has 1 saturated heterocycles. The normalized spacial score (nSPS) is 15.3. The van der Waals surface area contributed by atoms with Crippen molar-refractivity contribution in [3.8, 4) is 5.13 Å². The Morgan fingerprint density at radius 3 is 2.87 bits per heavy atom. The zero-order valence-corrected chi connectivity index (χ0v) is 17.4. The molecular formula is C19H21N5O6S. The number of carboxylic acid groups (broad SMARTS) is 1. The largest absolute Gasteiger partial charge is 0.477 e. The van der Waals surface area contributed by atoms with Crippen molar-refractivity contribution < 1.29 is 25.0 Å². The highest BCUT2D eigenvalue weighted by Crippen LogP contribution is 2.26. The van der Waals surface area contributed by atoms with Gasteiger partial charge in [-0.3, -0.25) is 14.2 Å². The first kappa shape index (κ1) is 21.3. The highest BCUT2D eigenvalue weighted by atomic mass is 32.1. The predicted octanol–water partition coefficient (Wildman–Crippen LogP) is -0.0882. The van der Waals surface area contributed by atoms with Crippen molar-refractivity contribution in [2.24, 2.45) is 0 Å². The van der Waals surface area contributed by atoms with Crippen molar-refractivity contribution in [1.29, 1.82) is 0 Å². The number of anilines is 1. The number of aryl methyl sites for hydroxylation is 1. The van der Waals surface area contributed by atoms with Crippen molar-refractivity contribution in [3.05, 3.63) is 45.2 Å². The van der Waals surface area contributed by atoms with Gasteiger partial charge in [0.2, 0.25) is 5.43 Å². The first-order valence-electron chi connectivity index (χ1n) is 9.50. The Hall–Kier alpha value is -2.90. The number of thiazole rings is 1. The lowest BCUT2D eigenvalue weighted by atomic mass is 10.1. The van der Waals surface area contributed by atoms with Gasteiger partial charge < -0.3 is 20.2 Å². The summed E-state index contributed by atoms with van der Waals surface area (Å²) in [5.41, 5.74) is 2.88. The fourth-order valence-corrected chi connectivity index (χ4v) is 3.95. The molecule has 4 rings (SSSR count). The number of nitrogens with zero attached hydrogens (tertiary/aromatic N) is 4. The highest BCUT2D eigenvalue weighted by Gasteiger charge is 2.29. The third-order valence-corrected chi connectivity index (χ3v) is 5.71. The molecule has 31 heavy (non-hydrogen) atoms. The van der Waals surface area contributed by atoms with E-state index in [9.17, 15) is 19.8 Å². The summed E-state index contributed by atoms with van der Waals surface area (Å²) in [7, 11) is 0. The molecule has 1 aliphatic heterocycles. The van der Waals surface area contributed by atoms with Crippen LogP contribution in [0.3, 0.4) is 0 Å². The number of hydrogen-bond donors (Lipinski definition) is 4. The molecule has 11 nitrogen and oxygen atoms in total. The summed E-state index contributed by atoms with van der Waals surface area (Å²) < 4.78 is 1.54. The fourth-order valence-electron chi connectivity index (χ4n) is 3.33. The maximum absolute atomic E-state index is 12.8. The van der Waals surface area contributed by atoms with Crippen LogP contribution in [-0.2, 0) is 4.84 Å². The Kier molecular flexibility index (Phi) is 5.98. The SMILES string of the molecule is Cc1cc(N2CC(NOCC(O)CO)C2)nc2c1c(=O)c(C(=O)O)cn2-c1nccs1. The van der Waals surface area contributed by atoms with E-state index in [2.05, 4.69) is 15.4 Å².